The highest BCUT2D eigenvalue weighted by molar-refractivity contribution is 9.10. The molecule has 2 aromatic rings. The number of aromatic nitrogens is 1. The highest BCUT2D eigenvalue weighted by atomic mass is 79.9. The van der Waals surface area contributed by atoms with Crippen LogP contribution in [0, 0.1) is 13.8 Å². The first kappa shape index (κ1) is 11.1. The summed E-state index contributed by atoms with van der Waals surface area (Å²) in [6.45, 7) is 4.06. The monoisotopic (exact) mass is 301 g/mol. The average Bonchev–Trinajstić information content (AvgIpc) is 2.46. The molecule has 0 aliphatic heterocycles. The normalized spacial score (nSPS) is 10.7. The molecule has 2 heterocycles. The van der Waals surface area contributed by atoms with Gasteiger partial charge in [-0.2, -0.15) is 0 Å². The van der Waals surface area contributed by atoms with Crippen LogP contribution in [0.3, 0.4) is 0 Å². The molecule has 0 radical (unpaired) electrons. The number of thiophene rings is 1. The van der Waals surface area contributed by atoms with E-state index in [1.165, 1.54) is 4.88 Å². The Balaban J connectivity index is 2.63. The maximum Gasteiger partial charge on any atom is 0.0526 e. The molecule has 4 heteroatoms. The quantitative estimate of drug-likeness (QED) is 0.734. The number of aryl methyl sites for hydroxylation is 2. The van der Waals surface area contributed by atoms with E-state index < -0.39 is 0 Å². The molecule has 0 aliphatic carbocycles. The third-order valence-electron chi connectivity index (χ3n) is 2.19. The fourth-order valence-electron chi connectivity index (χ4n) is 1.41. The lowest BCUT2D eigenvalue weighted by atomic mass is 10.2. The highest BCUT2D eigenvalue weighted by Gasteiger charge is 2.11. The Bertz CT molecular complexity index is 468. The van der Waals surface area contributed by atoms with Crippen LogP contribution in [0.1, 0.15) is 10.6 Å². The van der Waals surface area contributed by atoms with Crippen molar-refractivity contribution < 1.29 is 0 Å². The van der Waals surface area contributed by atoms with Gasteiger partial charge in [-0.3, -0.25) is 4.98 Å². The van der Waals surface area contributed by atoms with Crippen LogP contribution >= 0.6 is 38.9 Å². The standard InChI is InChI=1S/C11H9BrClNS/c1-6-11(9(13)3-4-14-6)10-5-8(12)7(2)15-10/h3-5H,1-2H3. The summed E-state index contributed by atoms with van der Waals surface area (Å²) in [4.78, 5) is 6.68. The van der Waals surface area contributed by atoms with Crippen LogP contribution in [0.4, 0.5) is 0 Å². The van der Waals surface area contributed by atoms with Crippen molar-refractivity contribution in [2.45, 2.75) is 13.8 Å². The first-order chi connectivity index (χ1) is 7.09. The minimum atomic E-state index is 0.760. The van der Waals surface area contributed by atoms with Crippen molar-refractivity contribution in [1.82, 2.24) is 4.98 Å². The molecule has 0 aliphatic rings. The molecular weight excluding hydrogens is 294 g/mol. The number of hydrogen-bond donors (Lipinski definition) is 0. The van der Waals surface area contributed by atoms with Gasteiger partial charge in [-0.1, -0.05) is 11.6 Å². The Morgan fingerprint density at radius 3 is 2.67 bits per heavy atom. The van der Waals surface area contributed by atoms with Gasteiger partial charge in [-0.25, -0.2) is 0 Å². The summed E-state index contributed by atoms with van der Waals surface area (Å²) in [5, 5.41) is 0.760. The van der Waals surface area contributed by atoms with Crippen LogP contribution < -0.4 is 0 Å². The SMILES string of the molecule is Cc1nccc(Cl)c1-c1cc(Br)c(C)s1. The van der Waals surface area contributed by atoms with E-state index in [0.717, 1.165) is 25.6 Å². The molecule has 1 nitrogen and oxygen atoms in total. The van der Waals surface area contributed by atoms with Crippen LogP contribution in [0.5, 0.6) is 0 Å². The highest BCUT2D eigenvalue weighted by Crippen LogP contribution is 2.38. The maximum atomic E-state index is 6.18. The summed E-state index contributed by atoms with van der Waals surface area (Å²) < 4.78 is 1.13. The fraction of sp³-hybridized carbons (Fsp3) is 0.182. The van der Waals surface area contributed by atoms with Gasteiger partial charge in [-0.05, 0) is 41.9 Å². The predicted molar refractivity (Wildman–Crippen MR) is 69.7 cm³/mol. The Kier molecular flexibility index (Phi) is 3.14. The molecule has 0 amide bonds. The second-order valence-electron chi connectivity index (χ2n) is 3.27. The molecule has 0 saturated carbocycles. The van der Waals surface area contributed by atoms with Gasteiger partial charge < -0.3 is 0 Å². The first-order valence-electron chi connectivity index (χ1n) is 4.47. The number of hydrogen-bond acceptors (Lipinski definition) is 2. The van der Waals surface area contributed by atoms with Gasteiger partial charge in [0.2, 0.25) is 0 Å². The van der Waals surface area contributed by atoms with Gasteiger partial charge >= 0.3 is 0 Å². The average molecular weight is 303 g/mol. The summed E-state index contributed by atoms with van der Waals surface area (Å²) >= 11 is 11.4. The van der Waals surface area contributed by atoms with Gasteiger partial charge in [0.25, 0.3) is 0 Å². The molecule has 0 fully saturated rings. The van der Waals surface area contributed by atoms with Crippen molar-refractivity contribution in [3.63, 3.8) is 0 Å². The van der Waals surface area contributed by atoms with Crippen molar-refractivity contribution in [2.24, 2.45) is 0 Å². The van der Waals surface area contributed by atoms with Crippen molar-refractivity contribution in [3.05, 3.63) is 38.4 Å². The summed E-state index contributed by atoms with van der Waals surface area (Å²) in [5.74, 6) is 0. The predicted octanol–water partition coefficient (Wildman–Crippen LogP) is 4.84. The van der Waals surface area contributed by atoms with Crippen LogP contribution in [0.2, 0.25) is 5.02 Å². The molecule has 0 spiro atoms. The second kappa shape index (κ2) is 4.24. The molecule has 0 N–H and O–H groups in total. The Morgan fingerprint density at radius 2 is 2.13 bits per heavy atom. The molecule has 2 aromatic heterocycles. The minimum Gasteiger partial charge on any atom is -0.261 e. The third kappa shape index (κ3) is 2.10. The maximum absolute atomic E-state index is 6.18. The molecule has 0 bridgehead atoms. The van der Waals surface area contributed by atoms with Crippen LogP contribution in [-0.2, 0) is 0 Å². The molecule has 0 saturated heterocycles. The first-order valence-corrected chi connectivity index (χ1v) is 6.45. The lowest BCUT2D eigenvalue weighted by Gasteiger charge is -2.03. The van der Waals surface area contributed by atoms with E-state index in [0.29, 0.717) is 0 Å². The summed E-state index contributed by atoms with van der Waals surface area (Å²) in [6, 6.07) is 3.92. The van der Waals surface area contributed by atoms with Gasteiger partial charge in [0.15, 0.2) is 0 Å². The van der Waals surface area contributed by atoms with Crippen LogP contribution in [-0.4, -0.2) is 4.98 Å². The van der Waals surface area contributed by atoms with Gasteiger partial charge in [-0.15, -0.1) is 11.3 Å². The number of rotatable bonds is 1. The van der Waals surface area contributed by atoms with Crippen molar-refractivity contribution in [2.75, 3.05) is 0 Å². The van der Waals surface area contributed by atoms with E-state index in [9.17, 15) is 0 Å². The Hall–Kier alpha value is -0.380. The van der Waals surface area contributed by atoms with E-state index in [-0.39, 0.29) is 0 Å². The second-order valence-corrected chi connectivity index (χ2v) is 5.79. The molecule has 2 rings (SSSR count). The van der Waals surface area contributed by atoms with E-state index in [1.54, 1.807) is 17.5 Å². The lowest BCUT2D eigenvalue weighted by molar-refractivity contribution is 1.21. The fourth-order valence-corrected chi connectivity index (χ4v) is 3.41. The lowest BCUT2D eigenvalue weighted by Crippen LogP contribution is -1.85. The number of nitrogens with zero attached hydrogens (tertiary/aromatic N) is 1. The van der Waals surface area contributed by atoms with Crippen LogP contribution in [0.15, 0.2) is 22.8 Å². The van der Waals surface area contributed by atoms with Gasteiger partial charge in [0.05, 0.1) is 5.02 Å². The van der Waals surface area contributed by atoms with E-state index in [4.69, 9.17) is 11.6 Å². The number of pyridine rings is 1. The zero-order valence-corrected chi connectivity index (χ0v) is 11.5. The van der Waals surface area contributed by atoms with E-state index in [1.807, 2.05) is 13.0 Å². The van der Waals surface area contributed by atoms with Crippen molar-refractivity contribution in [3.8, 4) is 10.4 Å². The Labute approximate surface area is 106 Å². The topological polar surface area (TPSA) is 12.9 Å². The molecule has 78 valence electrons. The Morgan fingerprint density at radius 1 is 1.40 bits per heavy atom. The largest absolute Gasteiger partial charge is 0.261 e. The molecule has 15 heavy (non-hydrogen) atoms. The zero-order chi connectivity index (χ0) is 11.0. The summed E-state index contributed by atoms with van der Waals surface area (Å²) in [6.07, 6.45) is 1.73. The van der Waals surface area contributed by atoms with E-state index >= 15 is 0 Å². The summed E-state index contributed by atoms with van der Waals surface area (Å²) in [5.41, 5.74) is 2.01. The van der Waals surface area contributed by atoms with Gasteiger partial charge in [0, 0.05) is 31.7 Å². The van der Waals surface area contributed by atoms with Gasteiger partial charge in [0.1, 0.15) is 0 Å². The smallest absolute Gasteiger partial charge is 0.0526 e. The zero-order valence-electron chi connectivity index (χ0n) is 8.34. The van der Waals surface area contributed by atoms with Crippen LogP contribution in [0.25, 0.3) is 10.4 Å². The third-order valence-corrected chi connectivity index (χ3v) is 4.66. The molecule has 0 unspecified atom stereocenters. The van der Waals surface area contributed by atoms with E-state index in [2.05, 4.69) is 33.9 Å². The van der Waals surface area contributed by atoms with Crippen molar-refractivity contribution >= 4 is 38.9 Å². The van der Waals surface area contributed by atoms with Crippen molar-refractivity contribution in [1.29, 1.82) is 0 Å². The minimum absolute atomic E-state index is 0.760. The molecule has 0 atom stereocenters. The molecular formula is C11H9BrClNS. The molecule has 0 aromatic carbocycles. The number of halogens is 2. The summed E-state index contributed by atoms with van der Waals surface area (Å²) in [7, 11) is 0.